The smallest absolute Gasteiger partial charge is 0.0951 e. The molecule has 2 N–H and O–H groups in total. The van der Waals surface area contributed by atoms with Crippen molar-refractivity contribution < 1.29 is 4.74 Å². The number of imidazole rings is 1. The fraction of sp³-hybridized carbons (Fsp3) is 0.471. The van der Waals surface area contributed by atoms with Crippen LogP contribution in [0.5, 0.6) is 0 Å². The second-order valence-electron chi connectivity index (χ2n) is 6.41. The predicted octanol–water partition coefficient (Wildman–Crippen LogP) is 2.92. The third-order valence-electron chi connectivity index (χ3n) is 4.92. The zero-order valence-electron chi connectivity index (χ0n) is 12.9. The topological polar surface area (TPSA) is 53.1 Å². The highest BCUT2D eigenvalue weighted by Crippen LogP contribution is 2.51. The van der Waals surface area contributed by atoms with Crippen LogP contribution < -0.4 is 5.73 Å². The van der Waals surface area contributed by atoms with E-state index in [1.54, 1.807) is 7.11 Å². The first kappa shape index (κ1) is 14.3. The van der Waals surface area contributed by atoms with Gasteiger partial charge in [-0.2, -0.15) is 0 Å². The molecular weight excluding hydrogens is 262 g/mol. The zero-order chi connectivity index (χ0) is 15.0. The van der Waals surface area contributed by atoms with E-state index in [0.717, 1.165) is 17.7 Å². The van der Waals surface area contributed by atoms with Crippen molar-refractivity contribution in [3.63, 3.8) is 0 Å². The van der Waals surface area contributed by atoms with Gasteiger partial charge in [0, 0.05) is 18.6 Å². The molecule has 0 amide bonds. The van der Waals surface area contributed by atoms with Crippen LogP contribution in [-0.2, 0) is 4.74 Å². The summed E-state index contributed by atoms with van der Waals surface area (Å²) in [5.41, 5.74) is 8.71. The van der Waals surface area contributed by atoms with Crippen LogP contribution >= 0.6 is 0 Å². The molecule has 3 atom stereocenters. The minimum atomic E-state index is -0.147. The molecule has 0 radical (unpaired) electrons. The molecule has 21 heavy (non-hydrogen) atoms. The summed E-state index contributed by atoms with van der Waals surface area (Å²) in [5, 5.41) is 0. The molecule has 1 saturated carbocycles. The summed E-state index contributed by atoms with van der Waals surface area (Å²) in [5.74, 6) is 0. The van der Waals surface area contributed by atoms with Gasteiger partial charge in [-0.3, -0.25) is 0 Å². The van der Waals surface area contributed by atoms with Gasteiger partial charge >= 0.3 is 0 Å². The van der Waals surface area contributed by atoms with Crippen LogP contribution in [0.15, 0.2) is 42.9 Å². The molecule has 4 nitrogen and oxygen atoms in total. The van der Waals surface area contributed by atoms with E-state index in [-0.39, 0.29) is 11.5 Å². The Kier molecular flexibility index (Phi) is 3.59. The van der Waals surface area contributed by atoms with Gasteiger partial charge in [-0.25, -0.2) is 4.98 Å². The Bertz CT molecular complexity index is 606. The lowest BCUT2D eigenvalue weighted by Gasteiger charge is -2.52. The van der Waals surface area contributed by atoms with Gasteiger partial charge in [0.15, 0.2) is 0 Å². The SMILES string of the molecule is COC1CC(n2cncc2C(N)c2ccccc2)C1(C)C. The van der Waals surface area contributed by atoms with Crippen molar-refractivity contribution in [2.45, 2.75) is 38.5 Å². The number of aromatic nitrogens is 2. The summed E-state index contributed by atoms with van der Waals surface area (Å²) >= 11 is 0. The number of rotatable bonds is 4. The molecule has 0 spiro atoms. The Morgan fingerprint density at radius 2 is 2.05 bits per heavy atom. The lowest BCUT2D eigenvalue weighted by molar-refractivity contribution is -0.113. The third kappa shape index (κ3) is 2.28. The van der Waals surface area contributed by atoms with Crippen LogP contribution in [0.2, 0.25) is 0 Å². The average Bonchev–Trinajstić information content (AvgIpc) is 2.95. The van der Waals surface area contributed by atoms with Crippen LogP contribution in [-0.4, -0.2) is 22.8 Å². The molecule has 4 heteroatoms. The molecule has 1 aromatic heterocycles. The normalized spacial score (nSPS) is 25.3. The molecule has 2 aromatic rings. The van der Waals surface area contributed by atoms with Crippen LogP contribution in [0.25, 0.3) is 0 Å². The van der Waals surface area contributed by atoms with Crippen molar-refractivity contribution in [1.29, 1.82) is 0 Å². The van der Waals surface area contributed by atoms with Crippen molar-refractivity contribution in [3.05, 3.63) is 54.1 Å². The summed E-state index contributed by atoms with van der Waals surface area (Å²) in [6.45, 7) is 4.49. The van der Waals surface area contributed by atoms with E-state index in [1.807, 2.05) is 30.7 Å². The molecule has 0 saturated heterocycles. The third-order valence-corrected chi connectivity index (χ3v) is 4.92. The van der Waals surface area contributed by atoms with Crippen LogP contribution in [0, 0.1) is 5.41 Å². The van der Waals surface area contributed by atoms with Crippen molar-refractivity contribution in [3.8, 4) is 0 Å². The van der Waals surface area contributed by atoms with Gasteiger partial charge in [0.2, 0.25) is 0 Å². The van der Waals surface area contributed by atoms with Crippen LogP contribution in [0.1, 0.15) is 43.6 Å². The van der Waals surface area contributed by atoms with E-state index in [0.29, 0.717) is 12.1 Å². The molecule has 1 heterocycles. The fourth-order valence-electron chi connectivity index (χ4n) is 3.38. The number of benzene rings is 1. The first-order valence-electron chi connectivity index (χ1n) is 7.40. The van der Waals surface area contributed by atoms with Gasteiger partial charge in [-0.05, 0) is 12.0 Å². The minimum Gasteiger partial charge on any atom is -0.381 e. The lowest BCUT2D eigenvalue weighted by atomic mass is 9.64. The highest BCUT2D eigenvalue weighted by molar-refractivity contribution is 5.27. The molecule has 112 valence electrons. The van der Waals surface area contributed by atoms with Gasteiger partial charge in [0.1, 0.15) is 0 Å². The molecule has 1 aromatic carbocycles. The van der Waals surface area contributed by atoms with E-state index in [1.165, 1.54) is 0 Å². The average molecular weight is 285 g/mol. The van der Waals surface area contributed by atoms with Crippen molar-refractivity contribution >= 4 is 0 Å². The predicted molar refractivity (Wildman–Crippen MR) is 82.9 cm³/mol. The first-order chi connectivity index (χ1) is 10.1. The molecule has 1 aliphatic carbocycles. The van der Waals surface area contributed by atoms with E-state index in [4.69, 9.17) is 10.5 Å². The maximum Gasteiger partial charge on any atom is 0.0951 e. The Labute approximate surface area is 125 Å². The van der Waals surface area contributed by atoms with E-state index >= 15 is 0 Å². The number of nitrogens with two attached hydrogens (primary N) is 1. The molecule has 1 fully saturated rings. The van der Waals surface area contributed by atoms with Gasteiger partial charge in [-0.1, -0.05) is 44.2 Å². The molecular formula is C17H23N3O. The number of ether oxygens (including phenoxy) is 1. The van der Waals surface area contributed by atoms with Gasteiger partial charge in [0.25, 0.3) is 0 Å². The molecule has 0 bridgehead atoms. The quantitative estimate of drug-likeness (QED) is 0.939. The summed E-state index contributed by atoms with van der Waals surface area (Å²) in [7, 11) is 1.78. The highest BCUT2D eigenvalue weighted by Gasteiger charge is 2.50. The Hall–Kier alpha value is -1.65. The number of hydrogen-bond acceptors (Lipinski definition) is 3. The Morgan fingerprint density at radius 1 is 1.33 bits per heavy atom. The molecule has 3 unspecified atom stereocenters. The number of methoxy groups -OCH3 is 1. The standard InChI is InChI=1S/C17H23N3O/c1-17(2)14(9-15(17)21-3)20-11-19-10-13(20)16(18)12-7-5-4-6-8-12/h4-8,10-11,14-16H,9,18H2,1-3H3. The van der Waals surface area contributed by atoms with E-state index in [2.05, 4.69) is 35.5 Å². The van der Waals surface area contributed by atoms with Crippen molar-refractivity contribution in [2.75, 3.05) is 7.11 Å². The minimum absolute atomic E-state index is 0.0978. The maximum atomic E-state index is 6.44. The van der Waals surface area contributed by atoms with Crippen molar-refractivity contribution in [2.24, 2.45) is 11.1 Å². The van der Waals surface area contributed by atoms with Crippen LogP contribution in [0.4, 0.5) is 0 Å². The largest absolute Gasteiger partial charge is 0.381 e. The lowest BCUT2D eigenvalue weighted by Crippen LogP contribution is -2.51. The van der Waals surface area contributed by atoms with Gasteiger partial charge in [0.05, 0.1) is 30.4 Å². The molecule has 0 aliphatic heterocycles. The van der Waals surface area contributed by atoms with Crippen molar-refractivity contribution in [1.82, 2.24) is 9.55 Å². The summed E-state index contributed by atoms with van der Waals surface area (Å²) in [4.78, 5) is 4.33. The fourth-order valence-corrected chi connectivity index (χ4v) is 3.38. The summed E-state index contributed by atoms with van der Waals surface area (Å²) in [6.07, 6.45) is 5.09. The van der Waals surface area contributed by atoms with Crippen LogP contribution in [0.3, 0.4) is 0 Å². The second-order valence-corrected chi connectivity index (χ2v) is 6.41. The van der Waals surface area contributed by atoms with E-state index in [9.17, 15) is 0 Å². The monoisotopic (exact) mass is 285 g/mol. The first-order valence-corrected chi connectivity index (χ1v) is 7.40. The van der Waals surface area contributed by atoms with Gasteiger partial charge in [-0.15, -0.1) is 0 Å². The number of nitrogens with zero attached hydrogens (tertiary/aromatic N) is 2. The Morgan fingerprint density at radius 3 is 2.67 bits per heavy atom. The van der Waals surface area contributed by atoms with E-state index < -0.39 is 0 Å². The molecule has 3 rings (SSSR count). The summed E-state index contributed by atoms with van der Waals surface area (Å²) in [6, 6.07) is 10.4. The molecule has 1 aliphatic rings. The second kappa shape index (κ2) is 5.28. The van der Waals surface area contributed by atoms with Gasteiger partial charge < -0.3 is 15.0 Å². The summed E-state index contributed by atoms with van der Waals surface area (Å²) < 4.78 is 7.78. The number of hydrogen-bond donors (Lipinski definition) is 1. The highest BCUT2D eigenvalue weighted by atomic mass is 16.5. The zero-order valence-corrected chi connectivity index (χ0v) is 12.9. The maximum absolute atomic E-state index is 6.44. The Balaban J connectivity index is 1.89.